The summed E-state index contributed by atoms with van der Waals surface area (Å²) < 4.78 is 12.4. The van der Waals surface area contributed by atoms with Gasteiger partial charge in [-0.3, -0.25) is 0 Å². The minimum absolute atomic E-state index is 0.562. The minimum Gasteiger partial charge on any atom is -0.488 e. The summed E-state index contributed by atoms with van der Waals surface area (Å²) in [7, 11) is 0. The number of aromatic nitrogens is 3. The maximum atomic E-state index is 6.35. The summed E-state index contributed by atoms with van der Waals surface area (Å²) >= 11 is 0. The van der Waals surface area contributed by atoms with Crippen molar-refractivity contribution in [3.63, 3.8) is 0 Å². The van der Waals surface area contributed by atoms with Gasteiger partial charge in [0, 0.05) is 27.5 Å². The van der Waals surface area contributed by atoms with E-state index in [1.165, 1.54) is 16.7 Å². The summed E-state index contributed by atoms with van der Waals surface area (Å²) in [5.74, 6) is 2.70. The van der Waals surface area contributed by atoms with E-state index in [0.29, 0.717) is 24.1 Å². The van der Waals surface area contributed by atoms with E-state index in [9.17, 15) is 0 Å². The van der Waals surface area contributed by atoms with Crippen LogP contribution in [0.3, 0.4) is 0 Å². The average Bonchev–Trinajstić information content (AvgIpc) is 3.50. The minimum atomic E-state index is 0.562. The molecule has 212 valence electrons. The molecular weight excluding hydrogens is 554 g/mol. The molecule has 9 rings (SSSR count). The molecule has 5 nitrogen and oxygen atoms in total. The summed E-state index contributed by atoms with van der Waals surface area (Å²) in [5, 5.41) is 2.11. The molecule has 0 unspecified atom stereocenters. The lowest BCUT2D eigenvalue weighted by molar-refractivity contribution is 0.302. The first kappa shape index (κ1) is 25.4. The quantitative estimate of drug-likeness (QED) is 0.208. The first-order valence-corrected chi connectivity index (χ1v) is 15.0. The van der Waals surface area contributed by atoms with Crippen LogP contribution in [0.15, 0.2) is 144 Å². The third kappa shape index (κ3) is 4.28. The molecule has 1 aliphatic heterocycles. The molecule has 0 radical (unpaired) electrons. The number of fused-ring (bicyclic) bond motifs is 6. The van der Waals surface area contributed by atoms with Crippen molar-refractivity contribution in [1.82, 2.24) is 15.0 Å². The van der Waals surface area contributed by atoms with Gasteiger partial charge in [0.15, 0.2) is 17.5 Å². The lowest BCUT2D eigenvalue weighted by atomic mass is 9.89. The number of rotatable bonds is 4. The molecule has 0 N–H and O–H groups in total. The van der Waals surface area contributed by atoms with Crippen LogP contribution < -0.4 is 4.74 Å². The fraction of sp³-hybridized carbons (Fsp3) is 0.0250. The summed E-state index contributed by atoms with van der Waals surface area (Å²) in [6, 6.07) is 47.4. The van der Waals surface area contributed by atoms with Crippen molar-refractivity contribution < 1.29 is 9.15 Å². The first-order valence-electron chi connectivity index (χ1n) is 15.0. The third-order valence-corrected chi connectivity index (χ3v) is 8.46. The lowest BCUT2D eigenvalue weighted by Crippen LogP contribution is -2.06. The van der Waals surface area contributed by atoms with Gasteiger partial charge in [0.25, 0.3) is 0 Å². The van der Waals surface area contributed by atoms with Gasteiger partial charge in [-0.25, -0.2) is 15.0 Å². The Morgan fingerprint density at radius 2 is 1.07 bits per heavy atom. The van der Waals surface area contributed by atoms with Gasteiger partial charge in [-0.1, -0.05) is 121 Å². The molecule has 2 aromatic heterocycles. The van der Waals surface area contributed by atoms with Crippen LogP contribution in [-0.4, -0.2) is 15.0 Å². The molecule has 0 spiro atoms. The molecule has 1 aliphatic rings. The zero-order valence-electron chi connectivity index (χ0n) is 24.1. The Kier molecular flexibility index (Phi) is 5.81. The Hall–Kier alpha value is -6.07. The normalized spacial score (nSPS) is 12.1. The Labute approximate surface area is 259 Å². The Balaban J connectivity index is 1.18. The SMILES string of the molecule is c1ccc(-c2nc(-c3ccc(-c4cccc5c4-c4ccccc4OC5)cc3)nc(-c3cccc4c3oc3ccccc34)n2)cc1. The number of ether oxygens (including phenoxy) is 1. The van der Waals surface area contributed by atoms with E-state index in [-0.39, 0.29) is 0 Å². The summed E-state index contributed by atoms with van der Waals surface area (Å²) in [6.45, 7) is 0.562. The Morgan fingerprint density at radius 3 is 1.93 bits per heavy atom. The van der Waals surface area contributed by atoms with E-state index in [0.717, 1.165) is 55.5 Å². The molecule has 0 fully saturated rings. The second-order valence-corrected chi connectivity index (χ2v) is 11.2. The summed E-state index contributed by atoms with van der Waals surface area (Å²) in [5.41, 5.74) is 10.1. The van der Waals surface area contributed by atoms with E-state index in [4.69, 9.17) is 24.1 Å². The Bertz CT molecular complexity index is 2380. The second kappa shape index (κ2) is 10.3. The van der Waals surface area contributed by atoms with Gasteiger partial charge in [-0.2, -0.15) is 0 Å². The van der Waals surface area contributed by atoms with Crippen molar-refractivity contribution >= 4 is 21.9 Å². The van der Waals surface area contributed by atoms with Crippen LogP contribution in [0.25, 0.3) is 78.4 Å². The van der Waals surface area contributed by atoms with Crippen molar-refractivity contribution in [3.05, 3.63) is 145 Å². The molecule has 8 aromatic rings. The molecule has 0 atom stereocenters. The predicted molar refractivity (Wildman–Crippen MR) is 179 cm³/mol. The highest BCUT2D eigenvalue weighted by Crippen LogP contribution is 2.43. The van der Waals surface area contributed by atoms with E-state index >= 15 is 0 Å². The van der Waals surface area contributed by atoms with Crippen LogP contribution in [0.5, 0.6) is 5.75 Å². The molecule has 6 aromatic carbocycles. The van der Waals surface area contributed by atoms with Crippen molar-refractivity contribution in [3.8, 4) is 62.2 Å². The molecule has 0 saturated heterocycles. The van der Waals surface area contributed by atoms with E-state index < -0.39 is 0 Å². The first-order chi connectivity index (χ1) is 22.3. The maximum Gasteiger partial charge on any atom is 0.167 e. The number of para-hydroxylation sites is 3. The molecular formula is C40H25N3O2. The van der Waals surface area contributed by atoms with Crippen molar-refractivity contribution in [2.45, 2.75) is 6.61 Å². The zero-order chi connectivity index (χ0) is 29.7. The molecule has 5 heteroatoms. The smallest absolute Gasteiger partial charge is 0.167 e. The number of furan rings is 1. The van der Waals surface area contributed by atoms with Crippen LogP contribution in [-0.2, 0) is 6.61 Å². The molecule has 0 bridgehead atoms. The van der Waals surface area contributed by atoms with Gasteiger partial charge in [0.1, 0.15) is 23.5 Å². The fourth-order valence-corrected chi connectivity index (χ4v) is 6.30. The topological polar surface area (TPSA) is 61.0 Å². The van der Waals surface area contributed by atoms with Crippen molar-refractivity contribution in [2.24, 2.45) is 0 Å². The Morgan fingerprint density at radius 1 is 0.444 bits per heavy atom. The van der Waals surface area contributed by atoms with Gasteiger partial charge < -0.3 is 9.15 Å². The van der Waals surface area contributed by atoms with Crippen LogP contribution in [0.4, 0.5) is 0 Å². The average molecular weight is 580 g/mol. The summed E-state index contributed by atoms with van der Waals surface area (Å²) in [6.07, 6.45) is 0. The monoisotopic (exact) mass is 579 g/mol. The van der Waals surface area contributed by atoms with Gasteiger partial charge >= 0.3 is 0 Å². The van der Waals surface area contributed by atoms with Crippen LogP contribution >= 0.6 is 0 Å². The number of hydrogen-bond acceptors (Lipinski definition) is 5. The second-order valence-electron chi connectivity index (χ2n) is 11.2. The highest BCUT2D eigenvalue weighted by Gasteiger charge is 2.21. The fourth-order valence-electron chi connectivity index (χ4n) is 6.30. The van der Waals surface area contributed by atoms with Gasteiger partial charge in [-0.15, -0.1) is 0 Å². The molecule has 0 saturated carbocycles. The van der Waals surface area contributed by atoms with Crippen molar-refractivity contribution in [2.75, 3.05) is 0 Å². The highest BCUT2D eigenvalue weighted by atomic mass is 16.5. The highest BCUT2D eigenvalue weighted by molar-refractivity contribution is 6.09. The van der Waals surface area contributed by atoms with E-state index in [1.807, 2.05) is 72.8 Å². The largest absolute Gasteiger partial charge is 0.488 e. The maximum absolute atomic E-state index is 6.35. The third-order valence-electron chi connectivity index (χ3n) is 8.46. The van der Waals surface area contributed by atoms with Crippen LogP contribution in [0, 0.1) is 0 Å². The standard InChI is InChI=1S/C40H25N3O2/c1-2-10-26(11-3-1)38-41-39(43-40(42-38)33-17-9-16-31-30-13-4-7-19-35(30)45-37(31)33)27-22-20-25(21-23-27)29-15-8-12-28-24-44-34-18-6-5-14-32(34)36(28)29/h1-23H,24H2. The number of hydrogen-bond donors (Lipinski definition) is 0. The molecule has 0 aliphatic carbocycles. The van der Waals surface area contributed by atoms with Crippen LogP contribution in [0.1, 0.15) is 5.56 Å². The van der Waals surface area contributed by atoms with Gasteiger partial charge in [-0.05, 0) is 40.5 Å². The van der Waals surface area contributed by atoms with E-state index in [2.05, 4.69) is 66.7 Å². The molecule has 45 heavy (non-hydrogen) atoms. The molecule has 3 heterocycles. The number of benzene rings is 6. The number of nitrogens with zero attached hydrogens (tertiary/aromatic N) is 3. The lowest BCUT2D eigenvalue weighted by Gasteiger charge is -2.23. The predicted octanol–water partition coefficient (Wildman–Crippen LogP) is 10.00. The summed E-state index contributed by atoms with van der Waals surface area (Å²) in [4.78, 5) is 14.9. The molecule has 0 amide bonds. The van der Waals surface area contributed by atoms with E-state index in [1.54, 1.807) is 0 Å². The van der Waals surface area contributed by atoms with Gasteiger partial charge in [0.05, 0.1) is 5.56 Å². The van der Waals surface area contributed by atoms with Gasteiger partial charge in [0.2, 0.25) is 0 Å². The zero-order valence-corrected chi connectivity index (χ0v) is 24.1. The van der Waals surface area contributed by atoms with Crippen LogP contribution in [0.2, 0.25) is 0 Å². The van der Waals surface area contributed by atoms with Crippen molar-refractivity contribution in [1.29, 1.82) is 0 Å².